The van der Waals surface area contributed by atoms with Gasteiger partial charge in [0.1, 0.15) is 11.6 Å². The summed E-state index contributed by atoms with van der Waals surface area (Å²) in [6, 6.07) is 0. The Kier molecular flexibility index (Phi) is 5.38. The highest BCUT2D eigenvalue weighted by molar-refractivity contribution is 6.29. The Morgan fingerprint density at radius 3 is 2.71 bits per heavy atom. The van der Waals surface area contributed by atoms with Gasteiger partial charge in [-0.1, -0.05) is 31.5 Å². The van der Waals surface area contributed by atoms with Crippen LogP contribution in [0.3, 0.4) is 0 Å². The minimum Gasteiger partial charge on any atom is -0.300 e. The van der Waals surface area contributed by atoms with Crippen LogP contribution in [0.1, 0.15) is 58.3 Å². The van der Waals surface area contributed by atoms with Crippen LogP contribution in [-0.2, 0) is 9.59 Å². The molecule has 2 nitrogen and oxygen atoms in total. The minimum absolute atomic E-state index is 0.225. The lowest BCUT2D eigenvalue weighted by atomic mass is 9.68. The molecule has 0 aromatic heterocycles. The number of hydrogen-bond acceptors (Lipinski definition) is 2. The maximum Gasteiger partial charge on any atom is 0.139 e. The summed E-state index contributed by atoms with van der Waals surface area (Å²) in [5.74, 6) is 0.498. The van der Waals surface area contributed by atoms with E-state index in [0.717, 1.165) is 19.3 Å². The predicted octanol–water partition coefficient (Wildman–Crippen LogP) is 4.02. The van der Waals surface area contributed by atoms with Crippen LogP contribution in [0.25, 0.3) is 0 Å². The quantitative estimate of drug-likeness (QED) is 0.719. The summed E-state index contributed by atoms with van der Waals surface area (Å²) in [6.07, 6.45) is 5.72. The SMILES string of the molecule is C=C(Cl)C[C@]1(CCC(=O)CC)CCCCC1=O. The lowest BCUT2D eigenvalue weighted by Gasteiger charge is -2.35. The van der Waals surface area contributed by atoms with Crippen LogP contribution in [0.2, 0.25) is 0 Å². The van der Waals surface area contributed by atoms with Crippen molar-refractivity contribution in [2.24, 2.45) is 5.41 Å². The van der Waals surface area contributed by atoms with Crippen molar-refractivity contribution >= 4 is 23.2 Å². The number of allylic oxidation sites excluding steroid dienone is 1. The number of halogens is 1. The van der Waals surface area contributed by atoms with Gasteiger partial charge in [-0.15, -0.1) is 0 Å². The normalized spacial score (nSPS) is 24.7. The molecular formula is C14H21ClO2. The first-order valence-electron chi connectivity index (χ1n) is 6.38. The predicted molar refractivity (Wildman–Crippen MR) is 70.1 cm³/mol. The van der Waals surface area contributed by atoms with Gasteiger partial charge in [-0.25, -0.2) is 0 Å². The van der Waals surface area contributed by atoms with Gasteiger partial charge in [0.2, 0.25) is 0 Å². The Balaban J connectivity index is 2.73. The zero-order valence-electron chi connectivity index (χ0n) is 10.6. The van der Waals surface area contributed by atoms with Crippen LogP contribution in [0.15, 0.2) is 11.6 Å². The van der Waals surface area contributed by atoms with Crippen molar-refractivity contribution in [3.63, 3.8) is 0 Å². The van der Waals surface area contributed by atoms with Crippen molar-refractivity contribution in [2.45, 2.75) is 58.3 Å². The van der Waals surface area contributed by atoms with Crippen LogP contribution in [0.5, 0.6) is 0 Å². The monoisotopic (exact) mass is 256 g/mol. The van der Waals surface area contributed by atoms with E-state index in [1.807, 2.05) is 6.92 Å². The van der Waals surface area contributed by atoms with E-state index in [1.165, 1.54) is 0 Å². The summed E-state index contributed by atoms with van der Waals surface area (Å²) in [5, 5.41) is 0.532. The van der Waals surface area contributed by atoms with Crippen LogP contribution < -0.4 is 0 Å². The second-order valence-corrected chi connectivity index (χ2v) is 5.53. The molecule has 17 heavy (non-hydrogen) atoms. The Labute approximate surface area is 108 Å². The molecule has 0 N–H and O–H groups in total. The molecule has 0 saturated heterocycles. The topological polar surface area (TPSA) is 34.1 Å². The molecule has 0 spiro atoms. The van der Waals surface area contributed by atoms with Crippen molar-refractivity contribution in [3.8, 4) is 0 Å². The Morgan fingerprint density at radius 2 is 2.18 bits per heavy atom. The lowest BCUT2D eigenvalue weighted by Crippen LogP contribution is -2.35. The van der Waals surface area contributed by atoms with Gasteiger partial charge in [-0.05, 0) is 25.7 Å². The first kappa shape index (κ1) is 14.4. The second-order valence-electron chi connectivity index (χ2n) is 5.00. The zero-order chi connectivity index (χ0) is 12.9. The van der Waals surface area contributed by atoms with Crippen LogP contribution in [0.4, 0.5) is 0 Å². The van der Waals surface area contributed by atoms with E-state index in [4.69, 9.17) is 11.6 Å². The molecule has 1 aliphatic carbocycles. The zero-order valence-corrected chi connectivity index (χ0v) is 11.3. The Bertz CT molecular complexity index is 322. The van der Waals surface area contributed by atoms with E-state index < -0.39 is 5.41 Å². The van der Waals surface area contributed by atoms with Crippen LogP contribution in [-0.4, -0.2) is 11.6 Å². The molecule has 1 atom stereocenters. The van der Waals surface area contributed by atoms with Gasteiger partial charge in [0.25, 0.3) is 0 Å². The summed E-state index contributed by atoms with van der Waals surface area (Å²) in [6.45, 7) is 5.56. The summed E-state index contributed by atoms with van der Waals surface area (Å²) >= 11 is 5.88. The van der Waals surface area contributed by atoms with Gasteiger partial charge in [-0.2, -0.15) is 0 Å². The van der Waals surface area contributed by atoms with E-state index in [9.17, 15) is 9.59 Å². The maximum absolute atomic E-state index is 12.1. The van der Waals surface area contributed by atoms with E-state index >= 15 is 0 Å². The second kappa shape index (κ2) is 6.34. The summed E-state index contributed by atoms with van der Waals surface area (Å²) < 4.78 is 0. The number of ketones is 2. The van der Waals surface area contributed by atoms with Crippen LogP contribution in [0, 0.1) is 5.41 Å². The third-order valence-corrected chi connectivity index (χ3v) is 3.84. The molecule has 1 saturated carbocycles. The molecule has 1 fully saturated rings. The van der Waals surface area contributed by atoms with Gasteiger partial charge < -0.3 is 0 Å². The fourth-order valence-electron chi connectivity index (χ4n) is 2.62. The molecule has 1 rings (SSSR count). The average molecular weight is 257 g/mol. The van der Waals surface area contributed by atoms with Gasteiger partial charge in [0.05, 0.1) is 0 Å². The molecule has 96 valence electrons. The van der Waals surface area contributed by atoms with Crippen LogP contribution >= 0.6 is 11.6 Å². The third-order valence-electron chi connectivity index (χ3n) is 3.71. The molecule has 0 radical (unpaired) electrons. The fourth-order valence-corrected chi connectivity index (χ4v) is 2.87. The van der Waals surface area contributed by atoms with E-state index in [1.54, 1.807) is 0 Å². The van der Waals surface area contributed by atoms with E-state index in [2.05, 4.69) is 6.58 Å². The summed E-state index contributed by atoms with van der Waals surface area (Å²) in [5.41, 5.74) is -0.401. The van der Waals surface area contributed by atoms with Gasteiger partial charge in [0.15, 0.2) is 0 Å². The Morgan fingerprint density at radius 1 is 1.47 bits per heavy atom. The molecule has 0 aromatic rings. The fraction of sp³-hybridized carbons (Fsp3) is 0.714. The highest BCUT2D eigenvalue weighted by Crippen LogP contribution is 2.43. The maximum atomic E-state index is 12.1. The first-order valence-corrected chi connectivity index (χ1v) is 6.76. The van der Waals surface area contributed by atoms with E-state index in [-0.39, 0.29) is 11.6 Å². The number of hydrogen-bond donors (Lipinski definition) is 0. The molecule has 0 aromatic carbocycles. The average Bonchev–Trinajstić information content (AvgIpc) is 2.29. The smallest absolute Gasteiger partial charge is 0.139 e. The highest BCUT2D eigenvalue weighted by Gasteiger charge is 2.39. The Hall–Kier alpha value is -0.630. The van der Waals surface area contributed by atoms with Crippen molar-refractivity contribution in [1.29, 1.82) is 0 Å². The number of carbonyl (C=O) groups is 2. The van der Waals surface area contributed by atoms with Crippen molar-refractivity contribution in [2.75, 3.05) is 0 Å². The van der Waals surface area contributed by atoms with Crippen molar-refractivity contribution in [3.05, 3.63) is 11.6 Å². The van der Waals surface area contributed by atoms with E-state index in [0.29, 0.717) is 37.1 Å². The largest absolute Gasteiger partial charge is 0.300 e. The molecule has 0 aliphatic heterocycles. The number of carbonyl (C=O) groups excluding carboxylic acids is 2. The standard InChI is InChI=1S/C14H21ClO2/c1-3-12(16)7-9-14(10-11(2)15)8-5-4-6-13(14)17/h2-10H2,1H3/t14-/m1/s1. The van der Waals surface area contributed by atoms with Crippen molar-refractivity contribution < 1.29 is 9.59 Å². The number of Topliss-reactive ketones (excluding diaryl/α,β-unsaturated/α-hetero) is 2. The highest BCUT2D eigenvalue weighted by atomic mass is 35.5. The third kappa shape index (κ3) is 3.95. The molecule has 0 bridgehead atoms. The molecule has 0 unspecified atom stereocenters. The first-order chi connectivity index (χ1) is 8.00. The molecule has 1 aliphatic rings. The lowest BCUT2D eigenvalue weighted by molar-refractivity contribution is -0.132. The molecular weight excluding hydrogens is 236 g/mol. The summed E-state index contributed by atoms with van der Waals surface area (Å²) in [4.78, 5) is 23.6. The van der Waals surface area contributed by atoms with Gasteiger partial charge >= 0.3 is 0 Å². The van der Waals surface area contributed by atoms with Gasteiger partial charge in [-0.3, -0.25) is 9.59 Å². The molecule has 3 heteroatoms. The van der Waals surface area contributed by atoms with Crippen molar-refractivity contribution in [1.82, 2.24) is 0 Å². The number of rotatable bonds is 6. The summed E-state index contributed by atoms with van der Waals surface area (Å²) in [7, 11) is 0. The minimum atomic E-state index is -0.401. The molecule has 0 amide bonds. The van der Waals surface area contributed by atoms with Gasteiger partial charge in [0, 0.05) is 29.7 Å². The molecule has 0 heterocycles.